The van der Waals surface area contributed by atoms with Crippen molar-refractivity contribution in [1.82, 2.24) is 15.1 Å². The summed E-state index contributed by atoms with van der Waals surface area (Å²) >= 11 is 11.1. The highest BCUT2D eigenvalue weighted by molar-refractivity contribution is 9.10. The molecule has 0 atom stereocenters. The second-order valence-electron chi connectivity index (χ2n) is 3.71. The molecule has 0 fully saturated rings. The summed E-state index contributed by atoms with van der Waals surface area (Å²) in [6.45, 7) is 4.59. The average Bonchev–Trinajstić information content (AvgIpc) is 2.84. The Morgan fingerprint density at radius 2 is 2.41 bits per heavy atom. The van der Waals surface area contributed by atoms with Crippen molar-refractivity contribution in [3.63, 3.8) is 0 Å². The Labute approximate surface area is 118 Å². The summed E-state index contributed by atoms with van der Waals surface area (Å²) in [5, 5.41) is 10.4. The largest absolute Gasteiger partial charge is 0.310 e. The van der Waals surface area contributed by atoms with Crippen LogP contribution < -0.4 is 5.32 Å². The van der Waals surface area contributed by atoms with Crippen LogP contribution in [-0.2, 0) is 13.1 Å². The van der Waals surface area contributed by atoms with Crippen molar-refractivity contribution in [2.75, 3.05) is 6.54 Å². The first-order chi connectivity index (χ1) is 8.16. The minimum absolute atomic E-state index is 0.729. The third-order valence-electron chi connectivity index (χ3n) is 2.46. The van der Waals surface area contributed by atoms with Gasteiger partial charge in [0.05, 0.1) is 23.5 Å². The number of aromatic nitrogens is 2. The summed E-state index contributed by atoms with van der Waals surface area (Å²) in [5.41, 5.74) is 1.02. The molecule has 0 radical (unpaired) electrons. The van der Waals surface area contributed by atoms with Crippen LogP contribution in [-0.4, -0.2) is 16.3 Å². The fraction of sp³-hybridized carbons (Fsp3) is 0.364. The third kappa shape index (κ3) is 3.55. The molecule has 0 saturated carbocycles. The molecule has 17 heavy (non-hydrogen) atoms. The van der Waals surface area contributed by atoms with E-state index in [0.29, 0.717) is 0 Å². The Morgan fingerprint density at radius 3 is 3.00 bits per heavy atom. The third-order valence-corrected chi connectivity index (χ3v) is 4.53. The quantitative estimate of drug-likeness (QED) is 0.849. The number of hydrogen-bond donors (Lipinski definition) is 1. The highest BCUT2D eigenvalue weighted by Gasteiger charge is 2.03. The molecule has 2 aromatic heterocycles. The second kappa shape index (κ2) is 6.00. The Balaban J connectivity index is 1.75. The molecule has 2 rings (SSSR count). The van der Waals surface area contributed by atoms with Crippen LogP contribution in [0.1, 0.15) is 10.6 Å². The molecule has 92 valence electrons. The van der Waals surface area contributed by atoms with Crippen LogP contribution in [0.25, 0.3) is 0 Å². The molecule has 0 saturated heterocycles. The van der Waals surface area contributed by atoms with Gasteiger partial charge in [-0.25, -0.2) is 0 Å². The Morgan fingerprint density at radius 1 is 1.59 bits per heavy atom. The van der Waals surface area contributed by atoms with Crippen LogP contribution >= 0.6 is 38.9 Å². The van der Waals surface area contributed by atoms with Crippen molar-refractivity contribution in [1.29, 1.82) is 0 Å². The van der Waals surface area contributed by atoms with E-state index in [1.54, 1.807) is 17.5 Å². The van der Waals surface area contributed by atoms with E-state index < -0.39 is 0 Å². The Bertz CT molecular complexity index is 495. The lowest BCUT2D eigenvalue weighted by Gasteiger charge is -2.05. The molecule has 0 aliphatic carbocycles. The van der Waals surface area contributed by atoms with Gasteiger partial charge in [-0.2, -0.15) is 5.10 Å². The topological polar surface area (TPSA) is 29.9 Å². The standard InChI is InChI=1S/C11H13BrClN3S/c1-8-11(13)6-15-16(8)3-2-14-5-10-4-9(12)7-17-10/h4,6-7,14H,2-3,5H2,1H3. The van der Waals surface area contributed by atoms with E-state index in [4.69, 9.17) is 11.6 Å². The first-order valence-corrected chi connectivity index (χ1v) is 7.33. The Kier molecular flexibility index (Phi) is 4.62. The minimum atomic E-state index is 0.729. The zero-order valence-electron chi connectivity index (χ0n) is 9.41. The van der Waals surface area contributed by atoms with Crippen molar-refractivity contribution < 1.29 is 0 Å². The SMILES string of the molecule is Cc1c(Cl)cnn1CCNCc1cc(Br)cs1. The van der Waals surface area contributed by atoms with E-state index in [9.17, 15) is 0 Å². The highest BCUT2D eigenvalue weighted by atomic mass is 79.9. The van der Waals surface area contributed by atoms with Gasteiger partial charge in [-0.15, -0.1) is 11.3 Å². The van der Waals surface area contributed by atoms with Crippen LogP contribution in [0, 0.1) is 6.92 Å². The molecule has 1 N–H and O–H groups in total. The molecule has 0 aliphatic heterocycles. The van der Waals surface area contributed by atoms with Crippen LogP contribution in [0.15, 0.2) is 22.1 Å². The molecular formula is C11H13BrClN3S. The van der Waals surface area contributed by atoms with Crippen molar-refractivity contribution in [3.05, 3.63) is 37.7 Å². The van der Waals surface area contributed by atoms with Crippen molar-refractivity contribution in [2.24, 2.45) is 0 Å². The van der Waals surface area contributed by atoms with Gasteiger partial charge in [-0.05, 0) is 28.9 Å². The van der Waals surface area contributed by atoms with E-state index in [0.717, 1.165) is 34.8 Å². The van der Waals surface area contributed by atoms with E-state index in [-0.39, 0.29) is 0 Å². The van der Waals surface area contributed by atoms with Crippen LogP contribution in [0.4, 0.5) is 0 Å². The van der Waals surface area contributed by atoms with Crippen LogP contribution in [0.3, 0.4) is 0 Å². The highest BCUT2D eigenvalue weighted by Crippen LogP contribution is 2.19. The van der Waals surface area contributed by atoms with Gasteiger partial charge in [0.15, 0.2) is 0 Å². The van der Waals surface area contributed by atoms with Gasteiger partial charge in [0.25, 0.3) is 0 Å². The molecule has 0 aliphatic rings. The van der Waals surface area contributed by atoms with E-state index in [2.05, 4.69) is 37.8 Å². The van der Waals surface area contributed by atoms with Crippen molar-refractivity contribution >= 4 is 38.9 Å². The fourth-order valence-electron chi connectivity index (χ4n) is 1.49. The maximum absolute atomic E-state index is 5.93. The molecule has 0 spiro atoms. The minimum Gasteiger partial charge on any atom is -0.310 e. The van der Waals surface area contributed by atoms with Crippen LogP contribution in [0.5, 0.6) is 0 Å². The summed E-state index contributed by atoms with van der Waals surface area (Å²) in [4.78, 5) is 1.33. The molecule has 6 heteroatoms. The zero-order valence-corrected chi connectivity index (χ0v) is 12.6. The molecular weight excluding hydrogens is 322 g/mol. The predicted molar refractivity (Wildman–Crippen MR) is 75.7 cm³/mol. The molecule has 0 amide bonds. The fourth-order valence-corrected chi connectivity index (χ4v) is 3.05. The van der Waals surface area contributed by atoms with Gasteiger partial charge in [0.2, 0.25) is 0 Å². The first kappa shape index (κ1) is 13.1. The van der Waals surface area contributed by atoms with Gasteiger partial charge in [0, 0.05) is 27.8 Å². The van der Waals surface area contributed by atoms with Crippen LogP contribution in [0.2, 0.25) is 5.02 Å². The van der Waals surface area contributed by atoms with Gasteiger partial charge >= 0.3 is 0 Å². The number of hydrogen-bond acceptors (Lipinski definition) is 3. The average molecular weight is 335 g/mol. The van der Waals surface area contributed by atoms with Gasteiger partial charge in [0.1, 0.15) is 0 Å². The molecule has 0 bridgehead atoms. The number of thiophene rings is 1. The van der Waals surface area contributed by atoms with Gasteiger partial charge < -0.3 is 5.32 Å². The monoisotopic (exact) mass is 333 g/mol. The maximum Gasteiger partial charge on any atom is 0.0814 e. The summed E-state index contributed by atoms with van der Waals surface area (Å²) in [6.07, 6.45) is 1.69. The second-order valence-corrected chi connectivity index (χ2v) is 6.03. The van der Waals surface area contributed by atoms with E-state index in [1.807, 2.05) is 11.6 Å². The summed E-state index contributed by atoms with van der Waals surface area (Å²) in [6, 6.07) is 2.13. The lowest BCUT2D eigenvalue weighted by Crippen LogP contribution is -2.20. The molecule has 0 unspecified atom stereocenters. The number of nitrogens with zero attached hydrogens (tertiary/aromatic N) is 2. The summed E-state index contributed by atoms with van der Waals surface area (Å²) in [7, 11) is 0. The zero-order chi connectivity index (χ0) is 12.3. The first-order valence-electron chi connectivity index (χ1n) is 5.28. The number of nitrogens with one attached hydrogen (secondary N) is 1. The van der Waals surface area contributed by atoms with E-state index in [1.165, 1.54) is 4.88 Å². The summed E-state index contributed by atoms with van der Waals surface area (Å²) < 4.78 is 3.06. The lowest BCUT2D eigenvalue weighted by molar-refractivity contribution is 0.546. The van der Waals surface area contributed by atoms with E-state index >= 15 is 0 Å². The molecule has 3 nitrogen and oxygen atoms in total. The summed E-state index contributed by atoms with van der Waals surface area (Å²) in [5.74, 6) is 0. The smallest absolute Gasteiger partial charge is 0.0814 e. The number of rotatable bonds is 5. The predicted octanol–water partition coefficient (Wildman–Crippen LogP) is 3.46. The maximum atomic E-state index is 5.93. The van der Waals surface area contributed by atoms with Crippen molar-refractivity contribution in [3.8, 4) is 0 Å². The lowest BCUT2D eigenvalue weighted by atomic mass is 10.4. The van der Waals surface area contributed by atoms with Gasteiger partial charge in [-0.1, -0.05) is 11.6 Å². The Hall–Kier alpha value is -0.360. The molecule has 2 aromatic rings. The van der Waals surface area contributed by atoms with Crippen molar-refractivity contribution in [2.45, 2.75) is 20.0 Å². The normalized spacial score (nSPS) is 11.0. The molecule has 0 aromatic carbocycles. The number of halogens is 2. The molecule has 2 heterocycles. The van der Waals surface area contributed by atoms with Gasteiger partial charge in [-0.3, -0.25) is 4.68 Å².